The highest BCUT2D eigenvalue weighted by Gasteiger charge is 2.23. The summed E-state index contributed by atoms with van der Waals surface area (Å²) < 4.78 is 1.89. The highest BCUT2D eigenvalue weighted by Crippen LogP contribution is 2.24. The molecule has 0 aliphatic carbocycles. The van der Waals surface area contributed by atoms with Crippen molar-refractivity contribution in [3.05, 3.63) is 72.2 Å². The second kappa shape index (κ2) is 9.70. The van der Waals surface area contributed by atoms with Crippen LogP contribution in [0.25, 0.3) is 5.65 Å². The van der Waals surface area contributed by atoms with Crippen LogP contribution in [-0.4, -0.2) is 39.1 Å². The Morgan fingerprint density at radius 3 is 2.53 bits per heavy atom. The summed E-state index contributed by atoms with van der Waals surface area (Å²) in [7, 11) is 0. The largest absolute Gasteiger partial charge is 0.339 e. The summed E-state index contributed by atoms with van der Waals surface area (Å²) in [5.74, 6) is 1.06. The molecule has 0 saturated carbocycles. The molecule has 5 heteroatoms. The van der Waals surface area contributed by atoms with Gasteiger partial charge >= 0.3 is 0 Å². The predicted molar refractivity (Wildman–Crippen MR) is 118 cm³/mol. The molecule has 1 saturated heterocycles. The van der Waals surface area contributed by atoms with Crippen molar-refractivity contribution in [1.29, 1.82) is 0 Å². The Balaban J connectivity index is 1.13. The smallest absolute Gasteiger partial charge is 0.253 e. The summed E-state index contributed by atoms with van der Waals surface area (Å²) in [4.78, 5) is 31.2. The summed E-state index contributed by atoms with van der Waals surface area (Å²) in [6.07, 6.45) is 12.6. The molecule has 156 valence electrons. The third-order valence-electron chi connectivity index (χ3n) is 6.15. The minimum atomic E-state index is 0.154. The molecule has 5 nitrogen and oxygen atoms in total. The van der Waals surface area contributed by atoms with Crippen LogP contribution in [0.3, 0.4) is 0 Å². The van der Waals surface area contributed by atoms with Gasteiger partial charge < -0.3 is 9.30 Å². The number of benzene rings is 1. The SMILES string of the molecule is O=C(CCCCCC1CCN(C(=O)c2ccccc2)CC1)c1ccc2nccn2c1. The fourth-order valence-electron chi connectivity index (χ4n) is 4.31. The Bertz CT molecular complexity index is 988. The Kier molecular flexibility index (Phi) is 6.57. The van der Waals surface area contributed by atoms with Gasteiger partial charge in [0.2, 0.25) is 0 Å². The Morgan fingerprint density at radius 2 is 1.73 bits per heavy atom. The Labute approximate surface area is 177 Å². The molecule has 1 fully saturated rings. The van der Waals surface area contributed by atoms with Crippen LogP contribution in [0.1, 0.15) is 65.7 Å². The van der Waals surface area contributed by atoms with Gasteiger partial charge in [-0.15, -0.1) is 0 Å². The van der Waals surface area contributed by atoms with Gasteiger partial charge in [0.1, 0.15) is 5.65 Å². The van der Waals surface area contributed by atoms with E-state index in [0.29, 0.717) is 12.3 Å². The number of rotatable bonds is 8. The summed E-state index contributed by atoms with van der Waals surface area (Å²) in [5.41, 5.74) is 2.41. The van der Waals surface area contributed by atoms with E-state index in [1.165, 1.54) is 6.42 Å². The van der Waals surface area contributed by atoms with Crippen LogP contribution in [0.2, 0.25) is 0 Å². The second-order valence-electron chi connectivity index (χ2n) is 8.23. The third kappa shape index (κ3) is 4.96. The number of ketones is 1. The molecular formula is C25H29N3O2. The van der Waals surface area contributed by atoms with Gasteiger partial charge in [0.15, 0.2) is 5.78 Å². The lowest BCUT2D eigenvalue weighted by Crippen LogP contribution is -2.38. The van der Waals surface area contributed by atoms with E-state index in [0.717, 1.165) is 62.0 Å². The Morgan fingerprint density at radius 1 is 0.933 bits per heavy atom. The number of carbonyl (C=O) groups is 2. The van der Waals surface area contributed by atoms with Crippen molar-refractivity contribution in [1.82, 2.24) is 14.3 Å². The molecule has 0 N–H and O–H groups in total. The molecule has 0 unspecified atom stereocenters. The van der Waals surface area contributed by atoms with E-state index < -0.39 is 0 Å². The van der Waals surface area contributed by atoms with Gasteiger partial charge in [-0.25, -0.2) is 4.98 Å². The van der Waals surface area contributed by atoms with E-state index in [9.17, 15) is 9.59 Å². The minimum absolute atomic E-state index is 0.154. The molecule has 0 atom stereocenters. The summed E-state index contributed by atoms with van der Waals surface area (Å²) >= 11 is 0. The lowest BCUT2D eigenvalue weighted by molar-refractivity contribution is 0.0685. The summed E-state index contributed by atoms with van der Waals surface area (Å²) in [5, 5.41) is 0. The van der Waals surface area contributed by atoms with Crippen LogP contribution in [0.4, 0.5) is 0 Å². The normalized spacial score (nSPS) is 14.9. The monoisotopic (exact) mass is 403 g/mol. The number of aromatic nitrogens is 2. The van der Waals surface area contributed by atoms with E-state index in [2.05, 4.69) is 4.98 Å². The number of piperidine rings is 1. The maximum absolute atomic E-state index is 12.5. The quantitative estimate of drug-likeness (QED) is 0.392. The molecule has 0 spiro atoms. The van der Waals surface area contributed by atoms with Gasteiger partial charge in [-0.3, -0.25) is 9.59 Å². The molecule has 3 aromatic rings. The van der Waals surface area contributed by atoms with Crippen molar-refractivity contribution in [3.8, 4) is 0 Å². The first-order valence-electron chi connectivity index (χ1n) is 11.0. The maximum Gasteiger partial charge on any atom is 0.253 e. The predicted octanol–water partition coefficient (Wildman–Crippen LogP) is 5.02. The zero-order valence-electron chi connectivity index (χ0n) is 17.4. The zero-order valence-corrected chi connectivity index (χ0v) is 17.4. The molecule has 30 heavy (non-hydrogen) atoms. The van der Waals surface area contributed by atoms with Crippen molar-refractivity contribution in [3.63, 3.8) is 0 Å². The fraction of sp³-hybridized carbons (Fsp3) is 0.400. The fourth-order valence-corrected chi connectivity index (χ4v) is 4.31. The van der Waals surface area contributed by atoms with Crippen LogP contribution in [-0.2, 0) is 0 Å². The number of hydrogen-bond donors (Lipinski definition) is 0. The molecular weight excluding hydrogens is 374 g/mol. The topological polar surface area (TPSA) is 54.7 Å². The van der Waals surface area contributed by atoms with Crippen LogP contribution in [0.5, 0.6) is 0 Å². The van der Waals surface area contributed by atoms with Crippen LogP contribution < -0.4 is 0 Å². The number of unbranched alkanes of at least 4 members (excludes halogenated alkanes) is 2. The van der Waals surface area contributed by atoms with Gasteiger partial charge in [0.05, 0.1) is 0 Å². The number of likely N-dealkylation sites (tertiary alicyclic amines) is 1. The maximum atomic E-state index is 12.5. The molecule has 0 radical (unpaired) electrons. The van der Waals surface area contributed by atoms with E-state index in [4.69, 9.17) is 0 Å². The highest BCUT2D eigenvalue weighted by molar-refractivity contribution is 5.96. The van der Waals surface area contributed by atoms with E-state index in [1.54, 1.807) is 6.20 Å². The van der Waals surface area contributed by atoms with E-state index >= 15 is 0 Å². The van der Waals surface area contributed by atoms with Gasteiger partial charge in [-0.05, 0) is 49.4 Å². The lowest BCUT2D eigenvalue weighted by Gasteiger charge is -2.32. The van der Waals surface area contributed by atoms with Crippen LogP contribution in [0, 0.1) is 5.92 Å². The van der Waals surface area contributed by atoms with Crippen LogP contribution in [0.15, 0.2) is 61.1 Å². The number of pyridine rings is 1. The molecule has 3 heterocycles. The first-order valence-corrected chi connectivity index (χ1v) is 11.0. The van der Waals surface area contributed by atoms with Gasteiger partial charge in [0, 0.05) is 49.2 Å². The average molecular weight is 404 g/mol. The van der Waals surface area contributed by atoms with Crippen molar-refractivity contribution >= 4 is 17.3 Å². The Hall–Kier alpha value is -2.95. The summed E-state index contributed by atoms with van der Waals surface area (Å²) in [6, 6.07) is 13.3. The van der Waals surface area contributed by atoms with Gasteiger partial charge in [0.25, 0.3) is 5.91 Å². The molecule has 1 aliphatic rings. The van der Waals surface area contributed by atoms with Gasteiger partial charge in [-0.2, -0.15) is 0 Å². The zero-order chi connectivity index (χ0) is 20.8. The van der Waals surface area contributed by atoms with Crippen molar-refractivity contribution in [2.45, 2.75) is 44.9 Å². The molecule has 1 aromatic carbocycles. The molecule has 1 amide bonds. The second-order valence-corrected chi connectivity index (χ2v) is 8.23. The number of imidazole rings is 1. The van der Waals surface area contributed by atoms with Crippen molar-refractivity contribution < 1.29 is 9.59 Å². The standard InChI is InChI=1S/C25H29N3O2/c29-23(22-11-12-24-26-15-18-28(24)19-22)10-6-1-3-7-20-13-16-27(17-14-20)25(30)21-8-4-2-5-9-21/h2,4-5,8-9,11-12,15,18-20H,1,3,6-7,10,13-14,16-17H2. The number of Topliss-reactive ketones (excluding diaryl/α,β-unsaturated/α-hetero) is 1. The molecule has 2 aromatic heterocycles. The number of hydrogen-bond acceptors (Lipinski definition) is 3. The van der Waals surface area contributed by atoms with E-state index in [-0.39, 0.29) is 11.7 Å². The first kappa shape index (κ1) is 20.3. The third-order valence-corrected chi connectivity index (χ3v) is 6.15. The van der Waals surface area contributed by atoms with Crippen molar-refractivity contribution in [2.75, 3.05) is 13.1 Å². The van der Waals surface area contributed by atoms with Crippen molar-refractivity contribution in [2.24, 2.45) is 5.92 Å². The molecule has 4 rings (SSSR count). The highest BCUT2D eigenvalue weighted by atomic mass is 16.2. The number of nitrogens with zero attached hydrogens (tertiary/aromatic N) is 3. The summed E-state index contributed by atoms with van der Waals surface area (Å²) in [6.45, 7) is 1.71. The molecule has 0 bridgehead atoms. The van der Waals surface area contributed by atoms with Crippen LogP contribution >= 0.6 is 0 Å². The minimum Gasteiger partial charge on any atom is -0.339 e. The number of amides is 1. The number of carbonyl (C=O) groups excluding carboxylic acids is 2. The number of fused-ring (bicyclic) bond motifs is 1. The molecule has 1 aliphatic heterocycles. The van der Waals surface area contributed by atoms with E-state index in [1.807, 2.05) is 64.2 Å². The average Bonchev–Trinajstić information content (AvgIpc) is 3.27. The lowest BCUT2D eigenvalue weighted by atomic mass is 9.90. The first-order chi connectivity index (χ1) is 14.7. The van der Waals surface area contributed by atoms with Gasteiger partial charge in [-0.1, -0.05) is 37.5 Å².